The molecule has 3 aromatic heterocycles. The summed E-state index contributed by atoms with van der Waals surface area (Å²) >= 11 is 0. The number of benzene rings is 1. The fraction of sp³-hybridized carbons (Fsp3) is 0.346. The van der Waals surface area contributed by atoms with E-state index >= 15 is 8.78 Å². The van der Waals surface area contributed by atoms with Crippen molar-refractivity contribution in [3.63, 3.8) is 0 Å². The number of halogens is 2. The van der Waals surface area contributed by atoms with Crippen molar-refractivity contribution in [2.75, 3.05) is 18.5 Å². The Labute approximate surface area is 201 Å². The number of nitrogens with zero attached hydrogens (tertiary/aromatic N) is 4. The zero-order valence-corrected chi connectivity index (χ0v) is 19.1. The molecule has 2 unspecified atom stereocenters. The van der Waals surface area contributed by atoms with Crippen molar-refractivity contribution in [2.24, 2.45) is 5.73 Å². The van der Waals surface area contributed by atoms with Gasteiger partial charge >= 0.3 is 0 Å². The van der Waals surface area contributed by atoms with Crippen LogP contribution in [0.25, 0.3) is 16.8 Å². The van der Waals surface area contributed by atoms with Gasteiger partial charge in [-0.25, -0.2) is 13.8 Å². The number of aromatic nitrogens is 4. The number of anilines is 2. The third kappa shape index (κ3) is 4.15. The standard InChI is InChI=1S/C26H26F2N6O/c27-21-9-16(17-13-35-14-17)10-22(28)25(21)23-5-4-19-11-31-26(34(19)33-23)32-24-12-30-7-6-20(24)15-2-1-3-18(29)8-15/h4-7,9-12,15,17-18H,1-3,8,13-14,29H2,(H,31,32). The minimum Gasteiger partial charge on any atom is -0.380 e. The summed E-state index contributed by atoms with van der Waals surface area (Å²) in [7, 11) is 0. The Morgan fingerprint density at radius 3 is 2.60 bits per heavy atom. The van der Waals surface area contributed by atoms with Gasteiger partial charge in [0, 0.05) is 18.2 Å². The fourth-order valence-corrected chi connectivity index (χ4v) is 5.10. The summed E-state index contributed by atoms with van der Waals surface area (Å²) in [5, 5.41) is 7.87. The van der Waals surface area contributed by atoms with Crippen molar-refractivity contribution in [3.8, 4) is 11.3 Å². The van der Waals surface area contributed by atoms with Crippen LogP contribution in [0.1, 0.15) is 48.6 Å². The van der Waals surface area contributed by atoms with Crippen LogP contribution < -0.4 is 11.1 Å². The molecule has 0 bridgehead atoms. The first-order chi connectivity index (χ1) is 17.1. The molecule has 6 rings (SSSR count). The zero-order valence-electron chi connectivity index (χ0n) is 19.1. The number of hydrogen-bond acceptors (Lipinski definition) is 6. The lowest BCUT2D eigenvalue weighted by Crippen LogP contribution is -2.27. The maximum Gasteiger partial charge on any atom is 0.229 e. The Bertz CT molecular complexity index is 1360. The van der Waals surface area contributed by atoms with Crippen LogP contribution in [0, 0.1) is 11.6 Å². The van der Waals surface area contributed by atoms with Crippen molar-refractivity contribution in [3.05, 3.63) is 71.7 Å². The van der Waals surface area contributed by atoms with E-state index in [4.69, 9.17) is 10.5 Å². The van der Waals surface area contributed by atoms with Gasteiger partial charge in [-0.05, 0) is 66.6 Å². The molecule has 7 nitrogen and oxygen atoms in total. The number of imidazole rings is 1. The lowest BCUT2D eigenvalue weighted by molar-refractivity contribution is 0.00822. The summed E-state index contributed by atoms with van der Waals surface area (Å²) in [6.07, 6.45) is 9.34. The Morgan fingerprint density at radius 1 is 1.03 bits per heavy atom. The lowest BCUT2D eigenvalue weighted by atomic mass is 9.81. The maximum atomic E-state index is 15.0. The molecule has 1 aliphatic heterocycles. The normalized spacial score (nSPS) is 20.7. The number of nitrogens with two attached hydrogens (primary N) is 1. The average Bonchev–Trinajstić information content (AvgIpc) is 3.20. The highest BCUT2D eigenvalue weighted by molar-refractivity contribution is 5.66. The molecule has 1 aromatic carbocycles. The van der Waals surface area contributed by atoms with Crippen molar-refractivity contribution in [1.82, 2.24) is 19.6 Å². The second-order valence-electron chi connectivity index (χ2n) is 9.44. The molecule has 2 aliphatic rings. The molecule has 35 heavy (non-hydrogen) atoms. The first kappa shape index (κ1) is 22.1. The second kappa shape index (κ2) is 8.98. The summed E-state index contributed by atoms with van der Waals surface area (Å²) in [6.45, 7) is 0.964. The van der Waals surface area contributed by atoms with E-state index in [-0.39, 0.29) is 23.2 Å². The largest absolute Gasteiger partial charge is 0.380 e. The van der Waals surface area contributed by atoms with E-state index in [2.05, 4.69) is 20.4 Å². The number of fused-ring (bicyclic) bond motifs is 1. The molecule has 1 saturated carbocycles. The Balaban J connectivity index is 1.34. The van der Waals surface area contributed by atoms with E-state index in [0.29, 0.717) is 36.2 Å². The average molecular weight is 477 g/mol. The number of rotatable bonds is 5. The molecular weight excluding hydrogens is 450 g/mol. The molecule has 9 heteroatoms. The highest BCUT2D eigenvalue weighted by Crippen LogP contribution is 2.37. The highest BCUT2D eigenvalue weighted by Gasteiger charge is 2.25. The van der Waals surface area contributed by atoms with E-state index in [1.165, 1.54) is 12.1 Å². The van der Waals surface area contributed by atoms with E-state index in [9.17, 15) is 0 Å². The third-order valence-corrected chi connectivity index (χ3v) is 7.07. The fourth-order valence-electron chi connectivity index (χ4n) is 5.10. The minimum atomic E-state index is -0.642. The summed E-state index contributed by atoms with van der Waals surface area (Å²) in [6, 6.07) is 8.31. The van der Waals surface area contributed by atoms with Gasteiger partial charge in [0.2, 0.25) is 5.95 Å². The highest BCUT2D eigenvalue weighted by atomic mass is 19.1. The van der Waals surface area contributed by atoms with Gasteiger partial charge in [0.15, 0.2) is 0 Å². The Kier molecular flexibility index (Phi) is 5.66. The smallest absolute Gasteiger partial charge is 0.229 e. The summed E-state index contributed by atoms with van der Waals surface area (Å²) in [5.41, 5.74) is 9.53. The second-order valence-corrected chi connectivity index (χ2v) is 9.44. The predicted octanol–water partition coefficient (Wildman–Crippen LogP) is 4.91. The summed E-state index contributed by atoms with van der Waals surface area (Å²) in [5.74, 6) is -0.476. The Morgan fingerprint density at radius 2 is 1.86 bits per heavy atom. The van der Waals surface area contributed by atoms with Crippen LogP contribution in [-0.4, -0.2) is 38.8 Å². The van der Waals surface area contributed by atoms with Crippen molar-refractivity contribution in [2.45, 2.75) is 43.6 Å². The zero-order chi connectivity index (χ0) is 23.9. The molecular formula is C26H26F2N6O. The van der Waals surface area contributed by atoms with Gasteiger partial charge in [-0.3, -0.25) is 4.98 Å². The van der Waals surface area contributed by atoms with Gasteiger partial charge in [-0.1, -0.05) is 6.42 Å². The summed E-state index contributed by atoms with van der Waals surface area (Å²) < 4.78 is 36.7. The molecule has 4 aromatic rings. The van der Waals surface area contributed by atoms with Crippen molar-refractivity contribution >= 4 is 17.2 Å². The molecule has 4 heterocycles. The molecule has 0 amide bonds. The van der Waals surface area contributed by atoms with Crippen LogP contribution in [0.2, 0.25) is 0 Å². The van der Waals surface area contributed by atoms with Gasteiger partial charge in [0.25, 0.3) is 0 Å². The number of hydrogen-bond donors (Lipinski definition) is 2. The van der Waals surface area contributed by atoms with Gasteiger partial charge in [0.05, 0.1) is 48.1 Å². The summed E-state index contributed by atoms with van der Waals surface area (Å²) in [4.78, 5) is 8.75. The lowest BCUT2D eigenvalue weighted by Gasteiger charge is -2.28. The van der Waals surface area contributed by atoms with Crippen LogP contribution in [0.4, 0.5) is 20.4 Å². The SMILES string of the molecule is NC1CCCC(c2ccncc2Nc2ncc3ccc(-c4c(F)cc(C5COC5)cc4F)nn23)C1. The van der Waals surface area contributed by atoms with Crippen LogP contribution in [0.3, 0.4) is 0 Å². The molecule has 180 valence electrons. The number of ether oxygens (including phenoxy) is 1. The molecule has 3 N–H and O–H groups in total. The maximum absolute atomic E-state index is 15.0. The topological polar surface area (TPSA) is 90.4 Å². The van der Waals surface area contributed by atoms with Crippen molar-refractivity contribution < 1.29 is 13.5 Å². The van der Waals surface area contributed by atoms with Crippen LogP contribution in [0.15, 0.2) is 48.9 Å². The molecule has 1 saturated heterocycles. The van der Waals surface area contributed by atoms with Gasteiger partial charge in [0.1, 0.15) is 11.6 Å². The predicted molar refractivity (Wildman–Crippen MR) is 129 cm³/mol. The molecule has 0 spiro atoms. The quantitative estimate of drug-likeness (QED) is 0.425. The van der Waals surface area contributed by atoms with E-state index in [1.54, 1.807) is 35.2 Å². The van der Waals surface area contributed by atoms with E-state index in [0.717, 1.165) is 36.9 Å². The van der Waals surface area contributed by atoms with Crippen LogP contribution in [-0.2, 0) is 4.74 Å². The van der Waals surface area contributed by atoms with Gasteiger partial charge < -0.3 is 15.8 Å². The van der Waals surface area contributed by atoms with Crippen molar-refractivity contribution in [1.29, 1.82) is 0 Å². The van der Waals surface area contributed by atoms with Crippen LogP contribution in [0.5, 0.6) is 0 Å². The van der Waals surface area contributed by atoms with E-state index in [1.807, 2.05) is 6.07 Å². The third-order valence-electron chi connectivity index (χ3n) is 7.07. The number of pyridine rings is 1. The first-order valence-electron chi connectivity index (χ1n) is 11.9. The molecule has 2 fully saturated rings. The molecule has 1 aliphatic carbocycles. The number of nitrogens with one attached hydrogen (secondary N) is 1. The van der Waals surface area contributed by atoms with Gasteiger partial charge in [-0.2, -0.15) is 9.61 Å². The monoisotopic (exact) mass is 476 g/mol. The Hall–Kier alpha value is -3.43. The van der Waals surface area contributed by atoms with Crippen LogP contribution >= 0.6 is 0 Å². The minimum absolute atomic E-state index is 0.0281. The molecule has 2 atom stereocenters. The molecule has 0 radical (unpaired) electrons. The van der Waals surface area contributed by atoms with Gasteiger partial charge in [-0.15, -0.1) is 0 Å². The first-order valence-corrected chi connectivity index (χ1v) is 11.9. The van der Waals surface area contributed by atoms with E-state index < -0.39 is 11.6 Å².